The fourth-order valence-electron chi connectivity index (χ4n) is 2.49. The standard InChI is InChI=1S/C20H26N2O4/c1-14(22(2)13-15-6-8-16(24-3)9-7-15)20(23)21-18-11-10-17(25-4)12-19(18)26-5/h6-12,14H,13H2,1-5H3,(H,21,23). The summed E-state index contributed by atoms with van der Waals surface area (Å²) in [5, 5.41) is 2.92. The second-order valence-electron chi connectivity index (χ2n) is 5.99. The molecular weight excluding hydrogens is 332 g/mol. The second kappa shape index (κ2) is 9.10. The van der Waals surface area contributed by atoms with Crippen molar-refractivity contribution in [1.29, 1.82) is 0 Å². The minimum Gasteiger partial charge on any atom is -0.497 e. The van der Waals surface area contributed by atoms with Crippen LogP contribution in [0.4, 0.5) is 5.69 Å². The normalized spacial score (nSPS) is 11.8. The molecule has 0 spiro atoms. The lowest BCUT2D eigenvalue weighted by Crippen LogP contribution is -2.39. The predicted molar refractivity (Wildman–Crippen MR) is 102 cm³/mol. The zero-order valence-electron chi connectivity index (χ0n) is 15.9. The van der Waals surface area contributed by atoms with Crippen LogP contribution in [0.5, 0.6) is 17.2 Å². The van der Waals surface area contributed by atoms with Crippen molar-refractivity contribution in [3.63, 3.8) is 0 Å². The van der Waals surface area contributed by atoms with Gasteiger partial charge in [-0.2, -0.15) is 0 Å². The minimum atomic E-state index is -0.316. The maximum Gasteiger partial charge on any atom is 0.241 e. The van der Waals surface area contributed by atoms with Crippen molar-refractivity contribution in [3.05, 3.63) is 48.0 Å². The highest BCUT2D eigenvalue weighted by molar-refractivity contribution is 5.95. The summed E-state index contributed by atoms with van der Waals surface area (Å²) in [5.41, 5.74) is 1.72. The molecule has 0 heterocycles. The molecule has 0 aliphatic carbocycles. The Kier molecular flexibility index (Phi) is 6.86. The minimum absolute atomic E-state index is 0.107. The van der Waals surface area contributed by atoms with E-state index in [1.54, 1.807) is 39.5 Å². The third-order valence-electron chi connectivity index (χ3n) is 4.30. The molecule has 26 heavy (non-hydrogen) atoms. The highest BCUT2D eigenvalue weighted by Crippen LogP contribution is 2.29. The van der Waals surface area contributed by atoms with E-state index < -0.39 is 0 Å². The molecule has 0 aliphatic rings. The number of hydrogen-bond acceptors (Lipinski definition) is 5. The Labute approximate surface area is 154 Å². The number of likely N-dealkylation sites (N-methyl/N-ethyl adjacent to an activating group) is 1. The van der Waals surface area contributed by atoms with E-state index in [1.807, 2.05) is 43.1 Å². The van der Waals surface area contributed by atoms with Gasteiger partial charge in [0.05, 0.1) is 33.1 Å². The van der Waals surface area contributed by atoms with E-state index in [4.69, 9.17) is 14.2 Å². The molecule has 0 saturated heterocycles. The summed E-state index contributed by atoms with van der Waals surface area (Å²) in [6.45, 7) is 2.52. The first-order chi connectivity index (χ1) is 12.5. The largest absolute Gasteiger partial charge is 0.497 e. The van der Waals surface area contributed by atoms with Gasteiger partial charge < -0.3 is 19.5 Å². The number of rotatable bonds is 8. The molecule has 2 aromatic rings. The smallest absolute Gasteiger partial charge is 0.241 e. The summed E-state index contributed by atoms with van der Waals surface area (Å²) >= 11 is 0. The molecule has 2 rings (SSSR count). The van der Waals surface area contributed by atoms with Gasteiger partial charge in [-0.15, -0.1) is 0 Å². The average Bonchev–Trinajstić information content (AvgIpc) is 2.68. The van der Waals surface area contributed by atoms with E-state index in [-0.39, 0.29) is 11.9 Å². The van der Waals surface area contributed by atoms with Crippen molar-refractivity contribution in [2.75, 3.05) is 33.7 Å². The average molecular weight is 358 g/mol. The van der Waals surface area contributed by atoms with Crippen LogP contribution in [0.25, 0.3) is 0 Å². The maximum atomic E-state index is 12.6. The molecule has 0 radical (unpaired) electrons. The van der Waals surface area contributed by atoms with Gasteiger partial charge in [-0.1, -0.05) is 12.1 Å². The van der Waals surface area contributed by atoms with E-state index in [0.717, 1.165) is 11.3 Å². The molecule has 1 atom stereocenters. The molecule has 0 aliphatic heterocycles. The van der Waals surface area contributed by atoms with Crippen LogP contribution in [0.2, 0.25) is 0 Å². The predicted octanol–water partition coefficient (Wildman–Crippen LogP) is 3.17. The first kappa shape index (κ1) is 19.6. The molecule has 1 N–H and O–H groups in total. The molecule has 0 saturated carbocycles. The van der Waals surface area contributed by atoms with E-state index in [0.29, 0.717) is 23.7 Å². The molecule has 140 valence electrons. The summed E-state index contributed by atoms with van der Waals surface area (Å²) in [6, 6.07) is 12.8. The summed E-state index contributed by atoms with van der Waals surface area (Å²) in [6.07, 6.45) is 0. The molecular formula is C20H26N2O4. The van der Waals surface area contributed by atoms with E-state index >= 15 is 0 Å². The van der Waals surface area contributed by atoms with Crippen LogP contribution >= 0.6 is 0 Å². The SMILES string of the molecule is COc1ccc(CN(C)C(C)C(=O)Nc2ccc(OC)cc2OC)cc1. The number of ether oxygens (including phenoxy) is 3. The summed E-state index contributed by atoms with van der Waals surface area (Å²) in [5.74, 6) is 1.94. The van der Waals surface area contributed by atoms with E-state index in [9.17, 15) is 4.79 Å². The van der Waals surface area contributed by atoms with Crippen LogP contribution in [0.15, 0.2) is 42.5 Å². The highest BCUT2D eigenvalue weighted by atomic mass is 16.5. The van der Waals surface area contributed by atoms with Crippen molar-refractivity contribution in [1.82, 2.24) is 4.90 Å². The van der Waals surface area contributed by atoms with E-state index in [1.165, 1.54) is 0 Å². The fraction of sp³-hybridized carbons (Fsp3) is 0.350. The van der Waals surface area contributed by atoms with Gasteiger partial charge in [-0.05, 0) is 43.8 Å². The lowest BCUT2D eigenvalue weighted by Gasteiger charge is -2.24. The molecule has 6 nitrogen and oxygen atoms in total. The van der Waals surface area contributed by atoms with Crippen molar-refractivity contribution in [3.8, 4) is 17.2 Å². The zero-order valence-corrected chi connectivity index (χ0v) is 15.9. The van der Waals surface area contributed by atoms with Crippen LogP contribution < -0.4 is 19.5 Å². The van der Waals surface area contributed by atoms with Gasteiger partial charge >= 0.3 is 0 Å². The van der Waals surface area contributed by atoms with Crippen molar-refractivity contribution in [2.24, 2.45) is 0 Å². The summed E-state index contributed by atoms with van der Waals surface area (Å²) < 4.78 is 15.7. The number of nitrogens with one attached hydrogen (secondary N) is 1. The summed E-state index contributed by atoms with van der Waals surface area (Å²) in [4.78, 5) is 14.6. The number of methoxy groups -OCH3 is 3. The molecule has 6 heteroatoms. The quantitative estimate of drug-likeness (QED) is 0.785. The zero-order chi connectivity index (χ0) is 19.1. The molecule has 0 bridgehead atoms. The first-order valence-corrected chi connectivity index (χ1v) is 8.34. The van der Waals surface area contributed by atoms with Crippen molar-refractivity contribution < 1.29 is 19.0 Å². The van der Waals surface area contributed by atoms with Gasteiger partial charge in [0.2, 0.25) is 5.91 Å². The van der Waals surface area contributed by atoms with E-state index in [2.05, 4.69) is 5.32 Å². The van der Waals surface area contributed by atoms with Crippen molar-refractivity contribution in [2.45, 2.75) is 19.5 Å². The van der Waals surface area contributed by atoms with Gasteiger partial charge in [-0.3, -0.25) is 9.69 Å². The van der Waals surface area contributed by atoms with Crippen LogP contribution in [-0.2, 0) is 11.3 Å². The van der Waals surface area contributed by atoms with Crippen LogP contribution in [0.1, 0.15) is 12.5 Å². The highest BCUT2D eigenvalue weighted by Gasteiger charge is 2.19. The van der Waals surface area contributed by atoms with Crippen LogP contribution in [-0.4, -0.2) is 45.2 Å². The number of amides is 1. The van der Waals surface area contributed by atoms with Gasteiger partial charge in [0, 0.05) is 12.6 Å². The van der Waals surface area contributed by atoms with Gasteiger partial charge in [-0.25, -0.2) is 0 Å². The first-order valence-electron chi connectivity index (χ1n) is 8.34. The maximum absolute atomic E-state index is 12.6. The lowest BCUT2D eigenvalue weighted by molar-refractivity contribution is -0.120. The second-order valence-corrected chi connectivity index (χ2v) is 5.99. The van der Waals surface area contributed by atoms with Crippen LogP contribution in [0, 0.1) is 0 Å². The monoisotopic (exact) mass is 358 g/mol. The van der Waals surface area contributed by atoms with Crippen LogP contribution in [0.3, 0.4) is 0 Å². The number of nitrogens with zero attached hydrogens (tertiary/aromatic N) is 1. The number of carbonyl (C=O) groups excluding carboxylic acids is 1. The molecule has 1 amide bonds. The number of anilines is 1. The molecule has 2 aromatic carbocycles. The Hall–Kier alpha value is -2.73. The number of benzene rings is 2. The molecule has 0 fully saturated rings. The Morgan fingerprint density at radius 3 is 2.19 bits per heavy atom. The summed E-state index contributed by atoms with van der Waals surface area (Å²) in [7, 11) is 6.70. The van der Waals surface area contributed by atoms with Gasteiger partial charge in [0.15, 0.2) is 0 Å². The Balaban J connectivity index is 2.01. The number of hydrogen-bond donors (Lipinski definition) is 1. The Morgan fingerprint density at radius 1 is 1.00 bits per heavy atom. The Morgan fingerprint density at radius 2 is 1.62 bits per heavy atom. The Bertz CT molecular complexity index is 731. The van der Waals surface area contributed by atoms with Gasteiger partial charge in [0.1, 0.15) is 17.2 Å². The third-order valence-corrected chi connectivity index (χ3v) is 4.30. The third kappa shape index (κ3) is 4.89. The van der Waals surface area contributed by atoms with Gasteiger partial charge in [0.25, 0.3) is 0 Å². The molecule has 0 aromatic heterocycles. The topological polar surface area (TPSA) is 60.0 Å². The van der Waals surface area contributed by atoms with Crippen molar-refractivity contribution >= 4 is 11.6 Å². The number of carbonyl (C=O) groups is 1. The fourth-order valence-corrected chi connectivity index (χ4v) is 2.49. The lowest BCUT2D eigenvalue weighted by atomic mass is 10.1. The molecule has 1 unspecified atom stereocenters.